The summed E-state index contributed by atoms with van der Waals surface area (Å²) >= 11 is 0. The van der Waals surface area contributed by atoms with Gasteiger partial charge in [-0.05, 0) is 0 Å². The number of carbonyl (C=O) groups is 3. The number of aliphatic carboxylic acids is 2. The summed E-state index contributed by atoms with van der Waals surface area (Å²) in [6.45, 7) is 3.08. The number of carbonyl (C=O) groups excluding carboxylic acids is 1. The summed E-state index contributed by atoms with van der Waals surface area (Å²) in [5.74, 6) is -3.41. The lowest BCUT2D eigenvalue weighted by molar-refractivity contribution is -0.161. The van der Waals surface area contributed by atoms with Crippen molar-refractivity contribution >= 4 is 17.9 Å². The van der Waals surface area contributed by atoms with E-state index in [0.29, 0.717) is 0 Å². The minimum absolute atomic E-state index is 0.260. The zero-order chi connectivity index (χ0) is 11.1. The van der Waals surface area contributed by atoms with Gasteiger partial charge in [0.1, 0.15) is 0 Å². The van der Waals surface area contributed by atoms with Gasteiger partial charge in [-0.15, -0.1) is 0 Å². The molecule has 0 aliphatic rings. The van der Waals surface area contributed by atoms with E-state index in [2.05, 4.69) is 11.3 Å². The number of ether oxygens (including phenoxy) is 1. The van der Waals surface area contributed by atoms with Gasteiger partial charge in [0, 0.05) is 18.9 Å². The summed E-state index contributed by atoms with van der Waals surface area (Å²) in [6.07, 6.45) is -1.25. The van der Waals surface area contributed by atoms with E-state index in [1.165, 1.54) is 0 Å². The number of rotatable bonds is 6. The van der Waals surface area contributed by atoms with Crippen LogP contribution in [-0.4, -0.2) is 34.2 Å². The molecule has 2 N–H and O–H groups in total. The Morgan fingerprint density at radius 2 is 1.93 bits per heavy atom. The fourth-order valence-corrected chi connectivity index (χ4v) is 0.676. The van der Waals surface area contributed by atoms with Crippen LogP contribution in [0.1, 0.15) is 12.8 Å². The van der Waals surface area contributed by atoms with E-state index in [1.54, 1.807) is 0 Å². The summed E-state index contributed by atoms with van der Waals surface area (Å²) in [6, 6.07) is 0. The van der Waals surface area contributed by atoms with Crippen molar-refractivity contribution in [3.05, 3.63) is 12.7 Å². The molecule has 0 aromatic heterocycles. The molecule has 78 valence electrons. The first kappa shape index (κ1) is 12.2. The third kappa shape index (κ3) is 4.91. The maximum absolute atomic E-state index is 10.6. The quantitative estimate of drug-likeness (QED) is 0.465. The van der Waals surface area contributed by atoms with Gasteiger partial charge >= 0.3 is 17.9 Å². The average molecular weight is 202 g/mol. The zero-order valence-corrected chi connectivity index (χ0v) is 7.30. The van der Waals surface area contributed by atoms with Crippen molar-refractivity contribution in [1.29, 1.82) is 0 Å². The highest BCUT2D eigenvalue weighted by Gasteiger charge is 2.21. The maximum atomic E-state index is 10.6. The minimum atomic E-state index is -1.43. The highest BCUT2D eigenvalue weighted by Crippen LogP contribution is 2.03. The average Bonchev–Trinajstić information content (AvgIpc) is 2.10. The fraction of sp³-hybridized carbons (Fsp3) is 0.375. The fourth-order valence-electron chi connectivity index (χ4n) is 0.676. The Hall–Kier alpha value is -1.85. The van der Waals surface area contributed by atoms with Crippen LogP contribution >= 0.6 is 0 Å². The van der Waals surface area contributed by atoms with Crippen LogP contribution in [0.2, 0.25) is 0 Å². The van der Waals surface area contributed by atoms with Crippen LogP contribution in [0.15, 0.2) is 12.7 Å². The van der Waals surface area contributed by atoms with Gasteiger partial charge in [-0.2, -0.15) is 0 Å². The molecule has 1 unspecified atom stereocenters. The van der Waals surface area contributed by atoms with E-state index < -0.39 is 24.0 Å². The molecule has 0 rings (SSSR count). The van der Waals surface area contributed by atoms with Crippen molar-refractivity contribution < 1.29 is 29.3 Å². The van der Waals surface area contributed by atoms with E-state index in [9.17, 15) is 14.4 Å². The van der Waals surface area contributed by atoms with Crippen LogP contribution in [0.25, 0.3) is 0 Å². The molecule has 0 bridgehead atoms. The second kappa shape index (κ2) is 5.74. The summed E-state index contributed by atoms with van der Waals surface area (Å²) in [5.41, 5.74) is 0. The predicted molar refractivity (Wildman–Crippen MR) is 44.6 cm³/mol. The van der Waals surface area contributed by atoms with Crippen molar-refractivity contribution in [1.82, 2.24) is 0 Å². The van der Waals surface area contributed by atoms with E-state index in [0.717, 1.165) is 6.08 Å². The van der Waals surface area contributed by atoms with Gasteiger partial charge in [0.25, 0.3) is 0 Å². The smallest absolute Gasteiger partial charge is 0.345 e. The Bertz CT molecular complexity index is 257. The molecule has 0 aromatic carbocycles. The largest absolute Gasteiger partial charge is 0.481 e. The highest BCUT2D eigenvalue weighted by molar-refractivity contribution is 5.84. The highest BCUT2D eigenvalue weighted by atomic mass is 16.6. The van der Waals surface area contributed by atoms with Crippen LogP contribution < -0.4 is 0 Å². The first-order valence-electron chi connectivity index (χ1n) is 3.75. The van der Waals surface area contributed by atoms with Crippen molar-refractivity contribution in [3.8, 4) is 0 Å². The lowest BCUT2D eigenvalue weighted by atomic mass is 10.2. The third-order valence-electron chi connectivity index (χ3n) is 1.32. The van der Waals surface area contributed by atoms with Gasteiger partial charge in [0.2, 0.25) is 0 Å². The van der Waals surface area contributed by atoms with E-state index in [1.807, 2.05) is 0 Å². The Balaban J connectivity index is 4.15. The van der Waals surface area contributed by atoms with Crippen LogP contribution in [0.3, 0.4) is 0 Å². The Morgan fingerprint density at radius 3 is 2.29 bits per heavy atom. The van der Waals surface area contributed by atoms with Crippen molar-refractivity contribution in [2.75, 3.05) is 0 Å². The summed E-state index contributed by atoms with van der Waals surface area (Å²) in [5, 5.41) is 16.8. The lowest BCUT2D eigenvalue weighted by Gasteiger charge is -2.10. The predicted octanol–water partition coefficient (Wildman–Crippen LogP) is 0.0336. The normalized spacial score (nSPS) is 11.4. The van der Waals surface area contributed by atoms with Gasteiger partial charge in [-0.1, -0.05) is 6.58 Å². The minimum Gasteiger partial charge on any atom is -0.481 e. The molecule has 0 aromatic rings. The number of hydrogen-bond donors (Lipinski definition) is 2. The van der Waals surface area contributed by atoms with Crippen LogP contribution in [0.4, 0.5) is 0 Å². The maximum Gasteiger partial charge on any atom is 0.345 e. The molecule has 0 amide bonds. The molecular weight excluding hydrogens is 192 g/mol. The van der Waals surface area contributed by atoms with Gasteiger partial charge in [0.05, 0.1) is 0 Å². The standard InChI is InChI=1S/C8H10O6/c1-2-7(11)14-5(8(12)13)3-4-6(9)10/h2,5H,1,3-4H2,(H,9,10)(H,12,13). The molecular formula is C8H10O6. The molecule has 0 saturated heterocycles. The SMILES string of the molecule is C=CC(=O)OC(CCC(=O)O)C(=O)O. The molecule has 6 heteroatoms. The van der Waals surface area contributed by atoms with Gasteiger partial charge in [-0.25, -0.2) is 9.59 Å². The molecule has 0 aliphatic heterocycles. The first-order chi connectivity index (χ1) is 6.47. The molecule has 0 spiro atoms. The summed E-state index contributed by atoms with van der Waals surface area (Å²) in [7, 11) is 0. The van der Waals surface area contributed by atoms with E-state index in [4.69, 9.17) is 10.2 Å². The Kier molecular flexibility index (Phi) is 4.98. The molecule has 14 heavy (non-hydrogen) atoms. The lowest BCUT2D eigenvalue weighted by Crippen LogP contribution is -2.27. The molecule has 0 radical (unpaired) electrons. The van der Waals surface area contributed by atoms with Crippen LogP contribution in [0.5, 0.6) is 0 Å². The monoisotopic (exact) mass is 202 g/mol. The number of carboxylic acids is 2. The second-order valence-corrected chi connectivity index (χ2v) is 2.40. The summed E-state index contributed by atoms with van der Waals surface area (Å²) in [4.78, 5) is 31.2. The van der Waals surface area contributed by atoms with Crippen LogP contribution in [0, 0.1) is 0 Å². The third-order valence-corrected chi connectivity index (χ3v) is 1.32. The molecule has 1 atom stereocenters. The Labute approximate surface area is 79.8 Å². The molecule has 6 nitrogen and oxygen atoms in total. The Morgan fingerprint density at radius 1 is 1.36 bits per heavy atom. The molecule has 0 saturated carbocycles. The van der Waals surface area contributed by atoms with Gasteiger partial charge < -0.3 is 14.9 Å². The second-order valence-electron chi connectivity index (χ2n) is 2.40. The van der Waals surface area contributed by atoms with Crippen molar-refractivity contribution in [2.45, 2.75) is 18.9 Å². The van der Waals surface area contributed by atoms with E-state index in [-0.39, 0.29) is 12.8 Å². The van der Waals surface area contributed by atoms with Crippen LogP contribution in [-0.2, 0) is 19.1 Å². The van der Waals surface area contributed by atoms with Gasteiger partial charge in [-0.3, -0.25) is 4.79 Å². The van der Waals surface area contributed by atoms with Gasteiger partial charge in [0.15, 0.2) is 6.10 Å². The molecule has 0 aliphatic carbocycles. The summed E-state index contributed by atoms with van der Waals surface area (Å²) < 4.78 is 4.39. The number of esters is 1. The topological polar surface area (TPSA) is 101 Å². The number of carboxylic acid groups (broad SMARTS) is 2. The zero-order valence-electron chi connectivity index (χ0n) is 7.30. The first-order valence-corrected chi connectivity index (χ1v) is 3.75. The van der Waals surface area contributed by atoms with Crippen molar-refractivity contribution in [2.24, 2.45) is 0 Å². The van der Waals surface area contributed by atoms with Crippen molar-refractivity contribution in [3.63, 3.8) is 0 Å². The molecule has 0 heterocycles. The van der Waals surface area contributed by atoms with E-state index >= 15 is 0 Å². The molecule has 0 fully saturated rings. The number of hydrogen-bond acceptors (Lipinski definition) is 4.